The highest BCUT2D eigenvalue weighted by Crippen LogP contribution is 2.30. The number of hydrogen-bond donors (Lipinski definition) is 0. The van der Waals surface area contributed by atoms with Gasteiger partial charge in [0.1, 0.15) is 5.03 Å². The average Bonchev–Trinajstić information content (AvgIpc) is 2.84. The molecule has 2 aromatic heterocycles. The maximum atomic E-state index is 12.8. The first-order valence-electron chi connectivity index (χ1n) is 5.75. The minimum atomic E-state index is -4.65. The van der Waals surface area contributed by atoms with Gasteiger partial charge in [0.2, 0.25) is 0 Å². The molecule has 2 heterocycles. The van der Waals surface area contributed by atoms with Gasteiger partial charge in [0.25, 0.3) is 5.82 Å². The van der Waals surface area contributed by atoms with Crippen LogP contribution in [0.2, 0.25) is 0 Å². The molecule has 0 aromatic carbocycles. The smallest absolute Gasteiger partial charge is 0.453 e. The fourth-order valence-corrected chi connectivity index (χ4v) is 2.48. The highest BCUT2D eigenvalue weighted by Gasteiger charge is 2.38. The van der Waals surface area contributed by atoms with Gasteiger partial charge in [-0.3, -0.25) is 4.79 Å². The predicted molar refractivity (Wildman–Crippen MR) is 68.0 cm³/mol. The lowest BCUT2D eigenvalue weighted by Crippen LogP contribution is -2.14. The third-order valence-corrected chi connectivity index (χ3v) is 3.90. The molecule has 0 unspecified atom stereocenters. The van der Waals surface area contributed by atoms with Crippen molar-refractivity contribution in [1.82, 2.24) is 19.8 Å². The van der Waals surface area contributed by atoms with Crippen LogP contribution >= 0.6 is 11.8 Å². The van der Waals surface area contributed by atoms with Crippen molar-refractivity contribution in [2.45, 2.75) is 25.0 Å². The van der Waals surface area contributed by atoms with Crippen LogP contribution in [-0.4, -0.2) is 38.6 Å². The van der Waals surface area contributed by atoms with Gasteiger partial charge < -0.3 is 4.74 Å². The molecular formula is C11H11F3N4O2S. The fraction of sp³-hybridized carbons (Fsp3) is 0.455. The number of nitrogens with zero attached hydrogens (tertiary/aromatic N) is 4. The van der Waals surface area contributed by atoms with Crippen molar-refractivity contribution in [2.24, 2.45) is 0 Å². The largest absolute Gasteiger partial charge is 0.468 e. The minimum absolute atomic E-state index is 0.0429. The van der Waals surface area contributed by atoms with Gasteiger partial charge in [-0.15, -0.1) is 10.2 Å². The van der Waals surface area contributed by atoms with E-state index in [9.17, 15) is 18.0 Å². The van der Waals surface area contributed by atoms with Crippen LogP contribution in [0.4, 0.5) is 13.2 Å². The molecule has 2 rings (SSSR count). The molecule has 114 valence electrons. The second-order valence-electron chi connectivity index (χ2n) is 4.18. The Labute approximate surface area is 121 Å². The third kappa shape index (κ3) is 2.94. The summed E-state index contributed by atoms with van der Waals surface area (Å²) >= 11 is 1.00. The third-order valence-electron chi connectivity index (χ3n) is 2.86. The molecule has 0 aliphatic rings. The number of aryl methyl sites for hydroxylation is 1. The van der Waals surface area contributed by atoms with Gasteiger partial charge in [-0.05, 0) is 19.4 Å². The number of ether oxygens (including phenoxy) is 1. The molecule has 0 spiro atoms. The fourth-order valence-electron chi connectivity index (χ4n) is 1.60. The van der Waals surface area contributed by atoms with Crippen molar-refractivity contribution in [2.75, 3.05) is 12.9 Å². The topological polar surface area (TPSA) is 69.4 Å². The molecule has 0 radical (unpaired) electrons. The van der Waals surface area contributed by atoms with Crippen LogP contribution in [0.1, 0.15) is 17.0 Å². The van der Waals surface area contributed by atoms with Gasteiger partial charge in [-0.2, -0.15) is 22.8 Å². The summed E-state index contributed by atoms with van der Waals surface area (Å²) in [6, 6.07) is 0. The van der Waals surface area contributed by atoms with Crippen LogP contribution in [0.25, 0.3) is 5.65 Å². The van der Waals surface area contributed by atoms with Gasteiger partial charge in [-0.25, -0.2) is 0 Å². The lowest BCUT2D eigenvalue weighted by Gasteiger charge is -2.09. The summed E-state index contributed by atoms with van der Waals surface area (Å²) in [7, 11) is 1.24. The number of methoxy groups -OCH3 is 1. The van der Waals surface area contributed by atoms with E-state index in [1.807, 2.05) is 0 Å². The van der Waals surface area contributed by atoms with Crippen LogP contribution in [0.3, 0.4) is 0 Å². The number of rotatable bonds is 3. The number of thioether (sulfide) groups is 1. The molecule has 0 atom stereocenters. The number of carbonyl (C=O) groups is 1. The Bertz CT molecular complexity index is 699. The Hall–Kier alpha value is -1.84. The van der Waals surface area contributed by atoms with E-state index >= 15 is 0 Å². The Morgan fingerprint density at radius 1 is 1.29 bits per heavy atom. The molecule has 21 heavy (non-hydrogen) atoms. The van der Waals surface area contributed by atoms with E-state index in [-0.39, 0.29) is 11.4 Å². The SMILES string of the molecule is COC(=O)CSc1nn2c(C(F)(F)F)nnc2c(C)c1C. The van der Waals surface area contributed by atoms with Crippen molar-refractivity contribution in [3.8, 4) is 0 Å². The zero-order valence-corrected chi connectivity index (χ0v) is 12.2. The number of hydrogen-bond acceptors (Lipinski definition) is 6. The molecular weight excluding hydrogens is 309 g/mol. The molecule has 0 saturated heterocycles. The zero-order valence-electron chi connectivity index (χ0n) is 11.4. The summed E-state index contributed by atoms with van der Waals surface area (Å²) in [4.78, 5) is 11.1. The number of aromatic nitrogens is 4. The maximum Gasteiger partial charge on any atom is 0.453 e. The summed E-state index contributed by atoms with van der Waals surface area (Å²) in [6.45, 7) is 3.33. The van der Waals surface area contributed by atoms with Crippen molar-refractivity contribution in [1.29, 1.82) is 0 Å². The van der Waals surface area contributed by atoms with Gasteiger partial charge in [0.05, 0.1) is 12.9 Å². The van der Waals surface area contributed by atoms with Crippen LogP contribution in [0.5, 0.6) is 0 Å². The molecule has 10 heteroatoms. The summed E-state index contributed by atoms with van der Waals surface area (Å²) in [5, 5.41) is 10.9. The average molecular weight is 320 g/mol. The van der Waals surface area contributed by atoms with Gasteiger partial charge in [0.15, 0.2) is 5.65 Å². The molecule has 0 saturated carbocycles. The number of halogens is 3. The zero-order chi connectivity index (χ0) is 15.8. The normalized spacial score (nSPS) is 11.9. The molecule has 0 bridgehead atoms. The van der Waals surface area contributed by atoms with E-state index in [0.29, 0.717) is 20.7 Å². The van der Waals surface area contributed by atoms with Crippen LogP contribution in [0.15, 0.2) is 5.03 Å². The molecule has 2 aromatic rings. The molecule has 0 N–H and O–H groups in total. The molecule has 0 aliphatic heterocycles. The minimum Gasteiger partial charge on any atom is -0.468 e. The highest BCUT2D eigenvalue weighted by atomic mass is 32.2. The first kappa shape index (κ1) is 15.5. The highest BCUT2D eigenvalue weighted by molar-refractivity contribution is 7.99. The van der Waals surface area contributed by atoms with E-state index in [1.54, 1.807) is 13.8 Å². The molecule has 0 amide bonds. The van der Waals surface area contributed by atoms with Crippen molar-refractivity contribution < 1.29 is 22.7 Å². The summed E-state index contributed by atoms with van der Waals surface area (Å²) < 4.78 is 43.7. The summed E-state index contributed by atoms with van der Waals surface area (Å²) in [5.74, 6) is -1.72. The first-order chi connectivity index (χ1) is 9.75. The van der Waals surface area contributed by atoms with E-state index in [2.05, 4.69) is 20.0 Å². The van der Waals surface area contributed by atoms with E-state index < -0.39 is 18.0 Å². The Morgan fingerprint density at radius 2 is 1.95 bits per heavy atom. The van der Waals surface area contributed by atoms with Gasteiger partial charge in [-0.1, -0.05) is 11.8 Å². The quantitative estimate of drug-likeness (QED) is 0.636. The van der Waals surface area contributed by atoms with Crippen LogP contribution < -0.4 is 0 Å². The van der Waals surface area contributed by atoms with E-state index in [4.69, 9.17) is 0 Å². The molecule has 0 aliphatic carbocycles. The predicted octanol–water partition coefficient (Wildman–Crippen LogP) is 2.03. The van der Waals surface area contributed by atoms with Crippen molar-refractivity contribution in [3.63, 3.8) is 0 Å². The standard InChI is InChI=1S/C11H11F3N4O2S/c1-5-6(2)9(21-4-7(19)20-3)17-18-8(5)15-16-10(18)11(12,13)14/h4H2,1-3H3. The Kier molecular flexibility index (Phi) is 4.08. The lowest BCUT2D eigenvalue weighted by atomic mass is 10.2. The van der Waals surface area contributed by atoms with Crippen LogP contribution in [-0.2, 0) is 15.7 Å². The molecule has 0 fully saturated rings. The Balaban J connectivity index is 2.52. The number of carbonyl (C=O) groups excluding carboxylic acids is 1. The maximum absolute atomic E-state index is 12.8. The second kappa shape index (κ2) is 5.51. The van der Waals surface area contributed by atoms with Crippen molar-refractivity contribution in [3.05, 3.63) is 17.0 Å². The lowest BCUT2D eigenvalue weighted by molar-refractivity contribution is -0.146. The molecule has 6 nitrogen and oxygen atoms in total. The number of alkyl halides is 3. The van der Waals surface area contributed by atoms with E-state index in [0.717, 1.165) is 11.8 Å². The number of fused-ring (bicyclic) bond motifs is 1. The summed E-state index contributed by atoms with van der Waals surface area (Å²) in [5.41, 5.74) is 1.22. The van der Waals surface area contributed by atoms with Crippen LogP contribution in [0, 0.1) is 13.8 Å². The van der Waals surface area contributed by atoms with E-state index in [1.165, 1.54) is 7.11 Å². The number of esters is 1. The first-order valence-corrected chi connectivity index (χ1v) is 6.73. The van der Waals surface area contributed by atoms with Gasteiger partial charge in [0, 0.05) is 5.56 Å². The Morgan fingerprint density at radius 3 is 2.52 bits per heavy atom. The van der Waals surface area contributed by atoms with Gasteiger partial charge >= 0.3 is 12.1 Å². The summed E-state index contributed by atoms with van der Waals surface area (Å²) in [6.07, 6.45) is -4.65. The second-order valence-corrected chi connectivity index (χ2v) is 5.14. The van der Waals surface area contributed by atoms with Crippen molar-refractivity contribution >= 4 is 23.4 Å². The monoisotopic (exact) mass is 320 g/mol.